The highest BCUT2D eigenvalue weighted by Gasteiger charge is 2.21. The van der Waals surface area contributed by atoms with Crippen LogP contribution in [0, 0.1) is 0 Å². The Balaban J connectivity index is 1.12. The molecule has 6 heteroatoms. The first-order valence-electron chi connectivity index (χ1n) is 12.3. The summed E-state index contributed by atoms with van der Waals surface area (Å²) in [5.41, 5.74) is 4.04. The molecule has 0 bridgehead atoms. The van der Waals surface area contributed by atoms with Gasteiger partial charge in [0.25, 0.3) is 0 Å². The molecule has 0 saturated carbocycles. The maximum Gasteiger partial charge on any atom is 0.222 e. The number of nitrogens with one attached hydrogen (secondary N) is 2. The van der Waals surface area contributed by atoms with Crippen molar-refractivity contribution in [2.24, 2.45) is 4.99 Å². The molecular formula is C27H37N5O. The van der Waals surface area contributed by atoms with Crippen LogP contribution in [0.2, 0.25) is 0 Å². The molecule has 0 unspecified atom stereocenters. The number of hydrogen-bond donors (Lipinski definition) is 2. The molecule has 1 amide bonds. The third-order valence-electron chi connectivity index (χ3n) is 6.74. The zero-order valence-electron chi connectivity index (χ0n) is 19.8. The van der Waals surface area contributed by atoms with Gasteiger partial charge in [0.2, 0.25) is 5.91 Å². The van der Waals surface area contributed by atoms with Gasteiger partial charge in [-0.2, -0.15) is 0 Å². The predicted octanol–water partition coefficient (Wildman–Crippen LogP) is 3.18. The van der Waals surface area contributed by atoms with Gasteiger partial charge in [0.15, 0.2) is 5.96 Å². The molecule has 33 heavy (non-hydrogen) atoms. The Morgan fingerprint density at radius 2 is 1.73 bits per heavy atom. The topological polar surface area (TPSA) is 60.0 Å². The minimum Gasteiger partial charge on any atom is -0.356 e. The monoisotopic (exact) mass is 447 g/mol. The van der Waals surface area contributed by atoms with Crippen molar-refractivity contribution in [3.63, 3.8) is 0 Å². The van der Waals surface area contributed by atoms with Crippen LogP contribution < -0.4 is 10.6 Å². The van der Waals surface area contributed by atoms with E-state index in [9.17, 15) is 4.79 Å². The summed E-state index contributed by atoms with van der Waals surface area (Å²) < 4.78 is 0. The summed E-state index contributed by atoms with van der Waals surface area (Å²) >= 11 is 0. The molecule has 0 aromatic heterocycles. The van der Waals surface area contributed by atoms with Crippen LogP contribution in [0.25, 0.3) is 0 Å². The Morgan fingerprint density at radius 3 is 2.48 bits per heavy atom. The zero-order valence-corrected chi connectivity index (χ0v) is 19.8. The number of likely N-dealkylation sites (tertiary alicyclic amines) is 1. The Kier molecular flexibility index (Phi) is 8.36. The Hall–Kier alpha value is -2.86. The van der Waals surface area contributed by atoms with Gasteiger partial charge in [0.1, 0.15) is 0 Å². The number of benzene rings is 2. The summed E-state index contributed by atoms with van der Waals surface area (Å²) in [7, 11) is 1.82. The van der Waals surface area contributed by atoms with E-state index >= 15 is 0 Å². The molecule has 2 aliphatic rings. The van der Waals surface area contributed by atoms with Crippen LogP contribution in [-0.4, -0.2) is 60.9 Å². The minimum atomic E-state index is 0.250. The highest BCUT2D eigenvalue weighted by atomic mass is 16.2. The maximum atomic E-state index is 12.6. The molecule has 2 aromatic rings. The first-order valence-corrected chi connectivity index (χ1v) is 12.3. The molecule has 1 fully saturated rings. The van der Waals surface area contributed by atoms with E-state index in [-0.39, 0.29) is 5.91 Å². The van der Waals surface area contributed by atoms with E-state index in [0.717, 1.165) is 70.9 Å². The third-order valence-corrected chi connectivity index (χ3v) is 6.74. The van der Waals surface area contributed by atoms with Crippen molar-refractivity contribution >= 4 is 11.9 Å². The largest absolute Gasteiger partial charge is 0.356 e. The van der Waals surface area contributed by atoms with Crippen LogP contribution in [0.1, 0.15) is 42.4 Å². The second kappa shape index (κ2) is 11.8. The van der Waals surface area contributed by atoms with Crippen molar-refractivity contribution < 1.29 is 4.79 Å². The molecule has 2 aromatic carbocycles. The molecular weight excluding hydrogens is 410 g/mol. The summed E-state index contributed by atoms with van der Waals surface area (Å²) in [4.78, 5) is 21.6. The molecule has 2 N–H and O–H groups in total. The molecule has 2 heterocycles. The lowest BCUT2D eigenvalue weighted by molar-refractivity contribution is -0.132. The van der Waals surface area contributed by atoms with Gasteiger partial charge in [-0.05, 0) is 42.4 Å². The number of hydrogen-bond acceptors (Lipinski definition) is 3. The normalized spacial score (nSPS) is 17.5. The first-order chi connectivity index (χ1) is 16.2. The second-order valence-corrected chi connectivity index (χ2v) is 9.12. The highest BCUT2D eigenvalue weighted by molar-refractivity contribution is 5.80. The number of guanidine groups is 1. The fraction of sp³-hybridized carbons (Fsp3) is 0.481. The van der Waals surface area contributed by atoms with Crippen LogP contribution >= 0.6 is 0 Å². The molecule has 4 rings (SSSR count). The third kappa shape index (κ3) is 6.81. The fourth-order valence-electron chi connectivity index (χ4n) is 4.78. The number of carbonyl (C=O) groups excluding carboxylic acids is 1. The van der Waals surface area contributed by atoms with Crippen molar-refractivity contribution in [3.05, 3.63) is 71.3 Å². The predicted molar refractivity (Wildman–Crippen MR) is 134 cm³/mol. The van der Waals surface area contributed by atoms with Crippen molar-refractivity contribution in [1.29, 1.82) is 0 Å². The van der Waals surface area contributed by atoms with Crippen LogP contribution in [0.3, 0.4) is 0 Å². The summed E-state index contributed by atoms with van der Waals surface area (Å²) in [6, 6.07) is 19.6. The van der Waals surface area contributed by atoms with Crippen molar-refractivity contribution in [2.75, 3.05) is 33.2 Å². The van der Waals surface area contributed by atoms with E-state index in [1.54, 1.807) is 0 Å². The number of piperidine rings is 1. The number of carbonyl (C=O) groups is 1. The number of nitrogens with zero attached hydrogens (tertiary/aromatic N) is 3. The highest BCUT2D eigenvalue weighted by Crippen LogP contribution is 2.19. The molecule has 176 valence electrons. The van der Waals surface area contributed by atoms with E-state index in [2.05, 4.69) is 75.1 Å². The van der Waals surface area contributed by atoms with Crippen molar-refractivity contribution in [1.82, 2.24) is 20.4 Å². The second-order valence-electron chi connectivity index (χ2n) is 9.12. The van der Waals surface area contributed by atoms with Crippen LogP contribution in [-0.2, 0) is 24.3 Å². The summed E-state index contributed by atoms with van der Waals surface area (Å²) in [5.74, 6) is 1.09. The minimum absolute atomic E-state index is 0.250. The quantitative estimate of drug-likeness (QED) is 0.389. The molecule has 0 radical (unpaired) electrons. The molecule has 0 aliphatic carbocycles. The standard InChI is InChI=1S/C27H37N5O/c1-28-27(30-25-14-17-31(18-15-25)20-22-8-3-2-4-9-22)29-16-7-12-26(33)32-19-13-23-10-5-6-11-24(23)21-32/h2-6,8-11,25H,7,12-21H2,1H3,(H2,28,29,30). The van der Waals surface area contributed by atoms with Gasteiger partial charge in [0.05, 0.1) is 0 Å². The molecule has 1 saturated heterocycles. The van der Waals surface area contributed by atoms with Gasteiger partial charge in [-0.3, -0.25) is 14.7 Å². The smallest absolute Gasteiger partial charge is 0.222 e. The zero-order chi connectivity index (χ0) is 22.9. The number of fused-ring (bicyclic) bond motifs is 1. The van der Waals surface area contributed by atoms with E-state index < -0.39 is 0 Å². The lowest BCUT2D eigenvalue weighted by atomic mass is 9.99. The number of amides is 1. The summed E-state index contributed by atoms with van der Waals surface area (Å²) in [5, 5.41) is 6.97. The van der Waals surface area contributed by atoms with E-state index in [4.69, 9.17) is 0 Å². The van der Waals surface area contributed by atoms with E-state index in [0.29, 0.717) is 12.5 Å². The van der Waals surface area contributed by atoms with Crippen LogP contribution in [0.15, 0.2) is 59.6 Å². The Bertz CT molecular complexity index is 921. The average Bonchev–Trinajstić information content (AvgIpc) is 2.87. The lowest BCUT2D eigenvalue weighted by Crippen LogP contribution is -2.48. The first kappa shape index (κ1) is 23.3. The van der Waals surface area contributed by atoms with Gasteiger partial charge in [0, 0.05) is 58.8 Å². The van der Waals surface area contributed by atoms with E-state index in [1.165, 1.54) is 16.7 Å². The van der Waals surface area contributed by atoms with Gasteiger partial charge < -0.3 is 15.5 Å². The number of aliphatic imine (C=N–C) groups is 1. The molecule has 2 aliphatic heterocycles. The fourth-order valence-corrected chi connectivity index (χ4v) is 4.78. The van der Waals surface area contributed by atoms with Crippen LogP contribution in [0.4, 0.5) is 0 Å². The van der Waals surface area contributed by atoms with Crippen molar-refractivity contribution in [3.8, 4) is 0 Å². The molecule has 0 spiro atoms. The molecule has 0 atom stereocenters. The number of rotatable bonds is 7. The Morgan fingerprint density at radius 1 is 1.00 bits per heavy atom. The molecule has 6 nitrogen and oxygen atoms in total. The summed E-state index contributed by atoms with van der Waals surface area (Å²) in [6.45, 7) is 5.54. The summed E-state index contributed by atoms with van der Waals surface area (Å²) in [6.07, 6.45) is 4.57. The van der Waals surface area contributed by atoms with Gasteiger partial charge in [-0.25, -0.2) is 0 Å². The van der Waals surface area contributed by atoms with Gasteiger partial charge in [-0.1, -0.05) is 54.6 Å². The Labute approximate surface area is 198 Å². The van der Waals surface area contributed by atoms with E-state index in [1.807, 2.05) is 11.9 Å². The van der Waals surface area contributed by atoms with Gasteiger partial charge in [-0.15, -0.1) is 0 Å². The average molecular weight is 448 g/mol. The van der Waals surface area contributed by atoms with Crippen LogP contribution in [0.5, 0.6) is 0 Å². The maximum absolute atomic E-state index is 12.6. The lowest BCUT2D eigenvalue weighted by Gasteiger charge is -2.33. The van der Waals surface area contributed by atoms with Gasteiger partial charge >= 0.3 is 0 Å². The van der Waals surface area contributed by atoms with Crippen molar-refractivity contribution in [2.45, 2.75) is 51.2 Å². The SMILES string of the molecule is CN=C(NCCCC(=O)N1CCc2ccccc2C1)NC1CCN(Cc2ccccc2)CC1.